The number of carboxylic acids is 1. The van der Waals surface area contributed by atoms with Crippen LogP contribution < -0.4 is 10.4 Å². The Morgan fingerprint density at radius 1 is 0.952 bits per heavy atom. The molecule has 0 saturated carbocycles. The van der Waals surface area contributed by atoms with Crippen LogP contribution in [-0.4, -0.2) is 54.9 Å². The maximum absolute atomic E-state index is 13.5. The Kier molecular flexibility index (Phi) is 13.1. The smallest absolute Gasteiger partial charge is 0.252 e. The van der Waals surface area contributed by atoms with Gasteiger partial charge in [-0.25, -0.2) is 8.42 Å². The first-order valence-electron chi connectivity index (χ1n) is 14.4. The first-order chi connectivity index (χ1) is 20.2. The van der Waals surface area contributed by atoms with E-state index in [4.69, 9.17) is 0 Å². The highest BCUT2D eigenvalue weighted by molar-refractivity contribution is 7.98. The molecule has 1 atom stereocenters. The van der Waals surface area contributed by atoms with Gasteiger partial charge in [-0.2, -0.15) is 16.1 Å². The molecule has 9 heteroatoms. The fraction of sp³-hybridized carbons (Fsp3) is 0.394. The number of hydrogen-bond acceptors (Lipinski definition) is 6. The fourth-order valence-corrected chi connectivity index (χ4v) is 6.86. The minimum Gasteiger partial charge on any atom is -0.548 e. The summed E-state index contributed by atoms with van der Waals surface area (Å²) >= 11 is 1.61. The summed E-state index contributed by atoms with van der Waals surface area (Å²) in [6.07, 6.45) is 4.79. The maximum atomic E-state index is 13.5. The zero-order valence-electron chi connectivity index (χ0n) is 24.7. The molecule has 1 N–H and O–H groups in total. The summed E-state index contributed by atoms with van der Waals surface area (Å²) in [5.74, 6) is -0.963. The summed E-state index contributed by atoms with van der Waals surface area (Å²) in [6.45, 7) is 4.41. The second-order valence-corrected chi connectivity index (χ2v) is 13.5. The van der Waals surface area contributed by atoms with Crippen LogP contribution in [0.25, 0.3) is 11.1 Å². The molecule has 0 radical (unpaired) electrons. The van der Waals surface area contributed by atoms with Crippen molar-refractivity contribution in [1.82, 2.24) is 9.62 Å². The summed E-state index contributed by atoms with van der Waals surface area (Å²) in [5.41, 5.74) is 4.51. The van der Waals surface area contributed by atoms with Crippen molar-refractivity contribution in [3.8, 4) is 11.1 Å². The molecule has 0 aliphatic heterocycles. The van der Waals surface area contributed by atoms with Crippen molar-refractivity contribution in [2.75, 3.05) is 24.3 Å². The van der Waals surface area contributed by atoms with Gasteiger partial charge in [0.1, 0.15) is 0 Å². The molecular weight excluding hydrogens is 569 g/mol. The molecule has 0 heterocycles. The molecule has 42 heavy (non-hydrogen) atoms. The Labute approximate surface area is 254 Å². The average Bonchev–Trinajstić information content (AvgIpc) is 2.98. The van der Waals surface area contributed by atoms with E-state index in [1.165, 1.54) is 4.31 Å². The number of hydrogen-bond donors (Lipinski definition) is 1. The van der Waals surface area contributed by atoms with Crippen LogP contribution in [0.15, 0.2) is 72.8 Å². The Hall–Kier alpha value is -3.14. The predicted molar refractivity (Wildman–Crippen MR) is 170 cm³/mol. The van der Waals surface area contributed by atoms with E-state index in [1.807, 2.05) is 80.8 Å². The van der Waals surface area contributed by atoms with E-state index in [0.717, 1.165) is 34.4 Å². The monoisotopic (exact) mass is 609 g/mol. The standard InChI is InChI=1S/C33H42N2O5S2/c1-4-5-22-42(39,40)35(20-19-26-13-7-6-8-14-26)24-27-17-18-29(30(23-27)28-15-10-9-12-25(28)2)32(36)34-31(33(37)38)16-11-21-41-3/h6-10,12-15,17-18,23,31H,4-5,11,16,19-22,24H2,1-3H3,(H,34,36)(H,37,38)/p-1/t31-/m0/s1. The molecule has 0 fully saturated rings. The van der Waals surface area contributed by atoms with Crippen LogP contribution in [0, 0.1) is 6.92 Å². The van der Waals surface area contributed by atoms with Crippen LogP contribution in [-0.2, 0) is 27.8 Å². The Bertz CT molecular complexity index is 1430. The second kappa shape index (κ2) is 16.5. The largest absolute Gasteiger partial charge is 0.548 e. The SMILES string of the molecule is CCCCS(=O)(=O)N(CCc1ccccc1)Cc1ccc(C(=O)N[C@@H](CCCSC)C(=O)[O-])c(-c2ccccc2C)c1. The lowest BCUT2D eigenvalue weighted by atomic mass is 9.93. The van der Waals surface area contributed by atoms with Gasteiger partial charge < -0.3 is 15.2 Å². The summed E-state index contributed by atoms with van der Waals surface area (Å²) < 4.78 is 28.3. The number of nitrogens with zero attached hydrogens (tertiary/aromatic N) is 1. The second-order valence-electron chi connectivity index (χ2n) is 10.4. The van der Waals surface area contributed by atoms with Crippen molar-refractivity contribution in [3.05, 3.63) is 95.1 Å². The summed E-state index contributed by atoms with van der Waals surface area (Å²) in [6, 6.07) is 21.6. The van der Waals surface area contributed by atoms with Gasteiger partial charge >= 0.3 is 0 Å². The number of carbonyl (C=O) groups is 2. The third-order valence-corrected chi connectivity index (χ3v) is 9.80. The lowest BCUT2D eigenvalue weighted by Gasteiger charge is -2.24. The molecule has 0 aliphatic rings. The maximum Gasteiger partial charge on any atom is 0.252 e. The van der Waals surface area contributed by atoms with Crippen LogP contribution in [0.4, 0.5) is 0 Å². The van der Waals surface area contributed by atoms with E-state index < -0.39 is 27.9 Å². The van der Waals surface area contributed by atoms with Crippen LogP contribution in [0.5, 0.6) is 0 Å². The number of carbonyl (C=O) groups excluding carboxylic acids is 2. The van der Waals surface area contributed by atoms with E-state index >= 15 is 0 Å². The zero-order valence-corrected chi connectivity index (χ0v) is 26.3. The quantitative estimate of drug-likeness (QED) is 0.220. The van der Waals surface area contributed by atoms with Gasteiger partial charge in [-0.05, 0) is 84.6 Å². The van der Waals surface area contributed by atoms with Crippen LogP contribution in [0.2, 0.25) is 0 Å². The number of carboxylic acid groups (broad SMARTS) is 1. The number of rotatable bonds is 17. The van der Waals surface area contributed by atoms with Crippen LogP contribution in [0.3, 0.4) is 0 Å². The summed E-state index contributed by atoms with van der Waals surface area (Å²) in [4.78, 5) is 25.2. The molecule has 0 spiro atoms. The molecular formula is C33H41N2O5S2-. The Morgan fingerprint density at radius 2 is 1.67 bits per heavy atom. The highest BCUT2D eigenvalue weighted by Gasteiger charge is 2.24. The van der Waals surface area contributed by atoms with Crippen molar-refractivity contribution in [3.63, 3.8) is 0 Å². The van der Waals surface area contributed by atoms with E-state index in [0.29, 0.717) is 36.9 Å². The number of nitrogens with one attached hydrogen (secondary N) is 1. The topological polar surface area (TPSA) is 107 Å². The van der Waals surface area contributed by atoms with Gasteiger partial charge in [-0.1, -0.05) is 74.0 Å². The lowest BCUT2D eigenvalue weighted by molar-refractivity contribution is -0.308. The molecule has 7 nitrogen and oxygen atoms in total. The van der Waals surface area contributed by atoms with Gasteiger partial charge in [0.25, 0.3) is 5.91 Å². The van der Waals surface area contributed by atoms with Crippen LogP contribution in [0.1, 0.15) is 59.7 Å². The number of amides is 1. The number of benzene rings is 3. The third kappa shape index (κ3) is 9.71. The molecule has 0 aliphatic carbocycles. The predicted octanol–water partition coefficient (Wildman–Crippen LogP) is 4.83. The van der Waals surface area contributed by atoms with E-state index in [1.54, 1.807) is 23.9 Å². The molecule has 226 valence electrons. The van der Waals surface area contributed by atoms with Gasteiger partial charge in [0.05, 0.1) is 17.8 Å². The molecule has 1 amide bonds. The number of thioether (sulfide) groups is 1. The molecule has 3 aromatic carbocycles. The molecule has 3 aromatic rings. The first-order valence-corrected chi connectivity index (χ1v) is 17.4. The Morgan fingerprint density at radius 3 is 2.33 bits per heavy atom. The molecule has 0 bridgehead atoms. The van der Waals surface area contributed by atoms with Crippen molar-refractivity contribution in [2.24, 2.45) is 0 Å². The third-order valence-electron chi connectivity index (χ3n) is 7.20. The Balaban J connectivity index is 1.96. The molecule has 0 saturated heterocycles. The van der Waals surface area contributed by atoms with Gasteiger partial charge in [0.2, 0.25) is 10.0 Å². The molecule has 0 aromatic heterocycles. The molecule has 3 rings (SSSR count). The van der Waals surface area contributed by atoms with E-state index in [-0.39, 0.29) is 18.7 Å². The van der Waals surface area contributed by atoms with Crippen molar-refractivity contribution < 1.29 is 23.1 Å². The fourth-order valence-electron chi connectivity index (χ4n) is 4.78. The highest BCUT2D eigenvalue weighted by Crippen LogP contribution is 2.29. The average molecular weight is 610 g/mol. The van der Waals surface area contributed by atoms with Crippen molar-refractivity contribution >= 4 is 33.7 Å². The van der Waals surface area contributed by atoms with Gasteiger partial charge in [0.15, 0.2) is 0 Å². The summed E-state index contributed by atoms with van der Waals surface area (Å²) in [5, 5.41) is 14.4. The number of aliphatic carboxylic acids is 1. The number of aryl methyl sites for hydroxylation is 1. The van der Waals surface area contributed by atoms with Crippen molar-refractivity contribution in [1.29, 1.82) is 0 Å². The van der Waals surface area contributed by atoms with E-state index in [2.05, 4.69) is 5.32 Å². The normalized spacial score (nSPS) is 12.3. The minimum absolute atomic E-state index is 0.0740. The van der Waals surface area contributed by atoms with E-state index in [9.17, 15) is 23.1 Å². The van der Waals surface area contributed by atoms with Gasteiger partial charge in [0, 0.05) is 18.7 Å². The van der Waals surface area contributed by atoms with Crippen molar-refractivity contribution in [2.45, 2.75) is 58.5 Å². The van der Waals surface area contributed by atoms with Gasteiger partial charge in [-0.15, -0.1) is 0 Å². The minimum atomic E-state index is -3.52. The molecule has 0 unspecified atom stereocenters. The number of sulfonamides is 1. The highest BCUT2D eigenvalue weighted by atomic mass is 32.2. The first kappa shape index (κ1) is 33.4. The zero-order chi connectivity index (χ0) is 30.5. The number of unbranched alkanes of at least 4 members (excludes halogenated alkanes) is 1. The lowest BCUT2D eigenvalue weighted by Crippen LogP contribution is -2.48. The van der Waals surface area contributed by atoms with Gasteiger partial charge in [-0.3, -0.25) is 4.79 Å². The van der Waals surface area contributed by atoms with Crippen LogP contribution >= 0.6 is 11.8 Å². The summed E-state index contributed by atoms with van der Waals surface area (Å²) in [7, 11) is -3.52.